The number of ether oxygens (including phenoxy) is 1. The summed E-state index contributed by atoms with van der Waals surface area (Å²) in [5.41, 5.74) is 5.25. The fourth-order valence-corrected chi connectivity index (χ4v) is 13.4. The van der Waals surface area contributed by atoms with Crippen molar-refractivity contribution in [2.75, 3.05) is 101 Å². The first-order valence-corrected chi connectivity index (χ1v) is 29.0. The van der Waals surface area contributed by atoms with Crippen LogP contribution in [-0.4, -0.2) is 146 Å². The molecule has 0 spiro atoms. The number of sulfonamides is 1. The maximum absolute atomic E-state index is 14.2. The molecule has 1 aliphatic carbocycles. The van der Waals surface area contributed by atoms with Crippen molar-refractivity contribution in [3.63, 3.8) is 0 Å². The molecule has 3 atom stereocenters. The van der Waals surface area contributed by atoms with Gasteiger partial charge in [-0.1, -0.05) is 54.4 Å². The quantitative estimate of drug-likeness (QED) is 0.0815. The Bertz CT molecular complexity index is 2750. The number of nitrogens with one attached hydrogen (secondary N) is 2. The van der Waals surface area contributed by atoms with Gasteiger partial charge in [0.2, 0.25) is 0 Å². The third kappa shape index (κ3) is 14.9. The Kier molecular flexibility index (Phi) is 19.3. The van der Waals surface area contributed by atoms with Crippen molar-refractivity contribution in [1.29, 1.82) is 0 Å². The molecule has 8 rings (SSSR count). The van der Waals surface area contributed by atoms with Gasteiger partial charge in [0.15, 0.2) is 0 Å². The molecular weight excluding hydrogens is 1040 g/mol. The Hall–Kier alpha value is -3.89. The number of hydrogen-bond acceptors (Lipinski definition) is 13. The number of likely N-dealkylation sites (tertiary alicyclic amines) is 1. The molecule has 4 aromatic carbocycles. The average Bonchev–Trinajstić information content (AvgIpc) is 3.35. The summed E-state index contributed by atoms with van der Waals surface area (Å²) in [7, 11) is -10.9. The van der Waals surface area contributed by atoms with Crippen LogP contribution in [0, 0.1) is 5.41 Å². The van der Waals surface area contributed by atoms with Gasteiger partial charge in [0.05, 0.1) is 23.8 Å². The predicted molar refractivity (Wildman–Crippen MR) is 287 cm³/mol. The lowest BCUT2D eigenvalue weighted by molar-refractivity contribution is -0.0435. The van der Waals surface area contributed by atoms with E-state index in [2.05, 4.69) is 44.0 Å². The van der Waals surface area contributed by atoms with E-state index in [9.17, 15) is 34.8 Å². The second-order valence-corrected chi connectivity index (χ2v) is 24.9. The molecule has 73 heavy (non-hydrogen) atoms. The van der Waals surface area contributed by atoms with Crippen LogP contribution >= 0.6 is 35.8 Å². The Morgan fingerprint density at radius 3 is 2.26 bits per heavy atom. The number of amides is 1. The number of nitrogens with zero attached hydrogens (tertiary/aromatic N) is 4. The van der Waals surface area contributed by atoms with Gasteiger partial charge in [-0.15, -0.1) is 24.2 Å². The van der Waals surface area contributed by atoms with Crippen LogP contribution in [-0.2, 0) is 24.6 Å². The smallest absolute Gasteiger partial charge is 0.380 e. The zero-order chi connectivity index (χ0) is 51.1. The second kappa shape index (κ2) is 24.8. The Balaban J connectivity index is 0.00000780. The van der Waals surface area contributed by atoms with Crippen molar-refractivity contribution >= 4 is 78.5 Å². The lowest BCUT2D eigenvalue weighted by atomic mass is 9.71. The maximum Gasteiger partial charge on any atom is 0.501 e. The number of anilines is 2. The van der Waals surface area contributed by atoms with E-state index in [4.69, 9.17) is 22.1 Å². The van der Waals surface area contributed by atoms with Crippen molar-refractivity contribution in [2.24, 2.45) is 11.1 Å². The van der Waals surface area contributed by atoms with E-state index in [1.165, 1.54) is 40.6 Å². The number of carbonyl (C=O) groups excluding carboxylic acids is 1. The summed E-state index contributed by atoms with van der Waals surface area (Å²) in [6, 6.07) is 26.1. The monoisotopic (exact) mass is 1110 g/mol. The van der Waals surface area contributed by atoms with Crippen LogP contribution in [0.25, 0.3) is 5.57 Å². The largest absolute Gasteiger partial charge is 0.501 e. The highest BCUT2D eigenvalue weighted by atomic mass is 35.5. The third-order valence-corrected chi connectivity index (χ3v) is 18.5. The number of morpholine rings is 1. The highest BCUT2D eigenvalue weighted by Crippen LogP contribution is 2.44. The molecule has 4 aliphatic rings. The number of carbonyl (C=O) groups is 1. The fourth-order valence-electron chi connectivity index (χ4n) is 10.3. The predicted octanol–water partition coefficient (Wildman–Crippen LogP) is 8.66. The number of alkyl halides is 3. The van der Waals surface area contributed by atoms with Gasteiger partial charge < -0.3 is 25.6 Å². The number of hydrogen-bond donors (Lipinski definition) is 3. The lowest BCUT2D eigenvalue weighted by Gasteiger charge is -2.44. The molecule has 3 aliphatic heterocycles. The van der Waals surface area contributed by atoms with E-state index >= 15 is 0 Å². The Morgan fingerprint density at radius 1 is 0.890 bits per heavy atom. The number of halogens is 5. The highest BCUT2D eigenvalue weighted by Gasteiger charge is 2.48. The van der Waals surface area contributed by atoms with E-state index in [1.54, 1.807) is 12.1 Å². The first-order chi connectivity index (χ1) is 34.3. The molecule has 13 nitrogen and oxygen atoms in total. The van der Waals surface area contributed by atoms with Crippen LogP contribution in [0.2, 0.25) is 5.02 Å². The molecule has 1 unspecified atom stereocenters. The third-order valence-electron chi connectivity index (χ3n) is 14.2. The van der Waals surface area contributed by atoms with E-state index in [0.29, 0.717) is 56.1 Å². The van der Waals surface area contributed by atoms with Crippen LogP contribution in [0.15, 0.2) is 117 Å². The van der Waals surface area contributed by atoms with Crippen LogP contribution < -0.4 is 20.7 Å². The van der Waals surface area contributed by atoms with Crippen LogP contribution in [0.5, 0.6) is 0 Å². The van der Waals surface area contributed by atoms with E-state index in [-0.39, 0.29) is 29.4 Å². The number of allylic oxidation sites excluding steroid dienone is 1. The summed E-state index contributed by atoms with van der Waals surface area (Å²) in [6.07, 6.45) is 5.74. The zero-order valence-corrected chi connectivity index (χ0v) is 45.0. The minimum atomic E-state index is -6.06. The number of sulfone groups is 1. The number of thioether (sulfide) groups is 1. The van der Waals surface area contributed by atoms with Crippen molar-refractivity contribution < 1.29 is 39.5 Å². The second-order valence-electron chi connectivity index (χ2n) is 19.8. The molecule has 0 bridgehead atoms. The van der Waals surface area contributed by atoms with E-state index < -0.39 is 52.8 Å². The Morgan fingerprint density at radius 2 is 1.59 bits per heavy atom. The molecule has 398 valence electrons. The highest BCUT2D eigenvalue weighted by molar-refractivity contribution is 7.99. The number of piperidine rings is 1. The van der Waals surface area contributed by atoms with Crippen molar-refractivity contribution in [3.05, 3.63) is 119 Å². The average molecular weight is 1110 g/mol. The number of nitrogens with two attached hydrogens (primary N) is 1. The fraction of sp³-hybridized carbons (Fsp3) is 0.481. The SMILES string of the molecule is CC1(CN2CCC[C@H](N)C2)CCC(c2ccc(Cl)cc2)=C(CN2CCN(c3ccc(C(=O)NS(=O)(=O)c4ccc(N[C@H](CCN5CCOCC5)CSc5ccccc5)c(S(=O)(=O)C(F)(F)F)c4)cc3)CC2)C1.Cl. The first-order valence-electron chi connectivity index (χ1n) is 24.6. The van der Waals surface area contributed by atoms with Crippen molar-refractivity contribution in [2.45, 2.75) is 77.7 Å². The van der Waals surface area contributed by atoms with Crippen LogP contribution in [0.1, 0.15) is 61.4 Å². The van der Waals surface area contributed by atoms with Gasteiger partial charge in [-0.05, 0) is 128 Å². The van der Waals surface area contributed by atoms with Gasteiger partial charge in [-0.3, -0.25) is 14.6 Å². The maximum atomic E-state index is 14.2. The topological polar surface area (TPSA) is 158 Å². The number of rotatable bonds is 18. The van der Waals surface area contributed by atoms with Crippen molar-refractivity contribution in [3.8, 4) is 0 Å². The molecule has 3 saturated heterocycles. The van der Waals surface area contributed by atoms with Gasteiger partial charge >= 0.3 is 5.51 Å². The van der Waals surface area contributed by atoms with Crippen LogP contribution in [0.3, 0.4) is 0 Å². The van der Waals surface area contributed by atoms with Crippen molar-refractivity contribution in [1.82, 2.24) is 19.4 Å². The lowest BCUT2D eigenvalue weighted by Crippen LogP contribution is -2.49. The van der Waals surface area contributed by atoms with Gasteiger partial charge in [0, 0.05) is 104 Å². The number of piperazine rings is 1. The molecule has 21 heteroatoms. The van der Waals surface area contributed by atoms with E-state index in [0.717, 1.165) is 107 Å². The standard InChI is InChI=1S/C52H65ClF3N7O6S3.ClH/c1-51(37-62-22-5-6-42(57)35-62)21-19-47(38-9-13-41(53)14-10-38)40(33-51)34-61-24-26-63(27-25-61)44-15-11-39(12-16-44)50(64)59-72(67,68)46-17-18-48(49(32-46)71(65,66)52(54,55)56)58-43(20-23-60-28-30-69-31-29-60)36-70-45-7-3-2-4-8-45;/h2-4,7-18,32,42-43,58H,5-6,19-31,33-37,57H2,1H3,(H,59,64);1H/t42-,43+,51?;/m0./s1. The summed E-state index contributed by atoms with van der Waals surface area (Å²) < 4.78 is 104. The summed E-state index contributed by atoms with van der Waals surface area (Å²) in [6.45, 7) is 12.4. The van der Waals surface area contributed by atoms with Gasteiger partial charge in [0.1, 0.15) is 4.90 Å². The summed E-state index contributed by atoms with van der Waals surface area (Å²) in [4.78, 5) is 21.7. The molecule has 3 fully saturated rings. The van der Waals surface area contributed by atoms with Gasteiger partial charge in [-0.25, -0.2) is 21.6 Å². The molecule has 1 amide bonds. The first kappa shape index (κ1) is 56.8. The zero-order valence-electron chi connectivity index (χ0n) is 41.0. The molecule has 4 aromatic rings. The molecule has 0 aromatic heterocycles. The minimum absolute atomic E-state index is 0. The Labute approximate surface area is 443 Å². The summed E-state index contributed by atoms with van der Waals surface area (Å²) in [5, 5.41) is 3.71. The summed E-state index contributed by atoms with van der Waals surface area (Å²) in [5.74, 6) is -0.659. The van der Waals surface area contributed by atoms with Gasteiger partial charge in [0.25, 0.3) is 25.8 Å². The molecule has 0 saturated carbocycles. The number of benzene rings is 4. The van der Waals surface area contributed by atoms with Crippen LogP contribution in [0.4, 0.5) is 24.5 Å². The normalized spacial score (nSPS) is 21.3. The molecule has 3 heterocycles. The van der Waals surface area contributed by atoms with Gasteiger partial charge in [-0.2, -0.15) is 13.2 Å². The summed E-state index contributed by atoms with van der Waals surface area (Å²) >= 11 is 7.74. The van der Waals surface area contributed by atoms with E-state index in [1.807, 2.05) is 47.2 Å². The molecule has 0 radical (unpaired) electrons. The molecule has 4 N–H and O–H groups in total. The minimum Gasteiger partial charge on any atom is -0.380 e. The molecular formula is C52H66Cl2F3N7O6S3.